The fraction of sp³-hybridized carbons (Fsp3) is 0.333. The molecule has 4 N–H and O–H groups in total. The molecule has 1 aliphatic carbocycles. The first-order chi connectivity index (χ1) is 14.5. The van der Waals surface area contributed by atoms with E-state index in [9.17, 15) is 9.90 Å². The first kappa shape index (κ1) is 20.3. The van der Waals surface area contributed by atoms with E-state index in [1.54, 1.807) is 12.1 Å². The van der Waals surface area contributed by atoms with E-state index in [-0.39, 0.29) is 0 Å². The standard InChI is InChI=1S/C24H27N3O3/c25-23(28)18-10-11-22(27-15-18)30-21-9-5-7-19-17(6-4-8-20(19)21)14-26-16-24(29)12-2-1-3-13-24/h4-11,15,26,29H,1-3,12-14,16H2,(H2,25,28). The van der Waals surface area contributed by atoms with Gasteiger partial charge in [0.15, 0.2) is 0 Å². The number of carbonyl (C=O) groups is 1. The predicted molar refractivity (Wildman–Crippen MR) is 117 cm³/mol. The van der Waals surface area contributed by atoms with Gasteiger partial charge in [0.25, 0.3) is 0 Å². The lowest BCUT2D eigenvalue weighted by molar-refractivity contribution is 0.00469. The van der Waals surface area contributed by atoms with Gasteiger partial charge < -0.3 is 20.9 Å². The Bertz CT molecular complexity index is 1030. The van der Waals surface area contributed by atoms with Gasteiger partial charge in [0, 0.05) is 30.7 Å². The number of pyridine rings is 1. The summed E-state index contributed by atoms with van der Waals surface area (Å²) in [6, 6.07) is 15.3. The molecule has 1 amide bonds. The van der Waals surface area contributed by atoms with Gasteiger partial charge in [-0.15, -0.1) is 0 Å². The average molecular weight is 405 g/mol. The van der Waals surface area contributed by atoms with Crippen molar-refractivity contribution in [3.8, 4) is 11.6 Å². The van der Waals surface area contributed by atoms with E-state index in [2.05, 4.69) is 22.4 Å². The number of aliphatic hydroxyl groups is 1. The number of nitrogens with one attached hydrogen (secondary N) is 1. The highest BCUT2D eigenvalue weighted by molar-refractivity contribution is 5.92. The Labute approximate surface area is 176 Å². The number of benzene rings is 2. The van der Waals surface area contributed by atoms with Gasteiger partial charge >= 0.3 is 0 Å². The van der Waals surface area contributed by atoms with Crippen LogP contribution in [0.15, 0.2) is 54.7 Å². The molecule has 0 bridgehead atoms. The quantitative estimate of drug-likeness (QED) is 0.554. The van der Waals surface area contributed by atoms with Gasteiger partial charge in [0.2, 0.25) is 11.8 Å². The largest absolute Gasteiger partial charge is 0.438 e. The highest BCUT2D eigenvalue weighted by Crippen LogP contribution is 2.31. The van der Waals surface area contributed by atoms with E-state index in [1.807, 2.05) is 24.3 Å². The van der Waals surface area contributed by atoms with Crippen LogP contribution < -0.4 is 15.8 Å². The van der Waals surface area contributed by atoms with Crippen molar-refractivity contribution in [2.75, 3.05) is 6.54 Å². The molecule has 0 spiro atoms. The third kappa shape index (κ3) is 4.61. The predicted octanol–water partition coefficient (Wildman–Crippen LogP) is 3.91. The van der Waals surface area contributed by atoms with E-state index < -0.39 is 11.5 Å². The van der Waals surface area contributed by atoms with Crippen molar-refractivity contribution in [1.82, 2.24) is 10.3 Å². The molecule has 1 aliphatic rings. The van der Waals surface area contributed by atoms with Gasteiger partial charge in [-0.05, 0) is 35.9 Å². The molecule has 30 heavy (non-hydrogen) atoms. The lowest BCUT2D eigenvalue weighted by Gasteiger charge is -2.32. The zero-order valence-electron chi connectivity index (χ0n) is 16.9. The maximum absolute atomic E-state index is 11.2. The van der Waals surface area contributed by atoms with Crippen molar-refractivity contribution in [2.24, 2.45) is 5.73 Å². The van der Waals surface area contributed by atoms with Gasteiger partial charge in [-0.2, -0.15) is 0 Å². The number of rotatable bonds is 7. The molecular formula is C24H27N3O3. The SMILES string of the molecule is NC(=O)c1ccc(Oc2cccc3c(CNCC4(O)CCCCC4)cccc23)nc1. The number of carbonyl (C=O) groups excluding carboxylic acids is 1. The summed E-state index contributed by atoms with van der Waals surface area (Å²) in [6.45, 7) is 1.28. The minimum Gasteiger partial charge on any atom is -0.438 e. The normalized spacial score (nSPS) is 15.8. The summed E-state index contributed by atoms with van der Waals surface area (Å²) in [7, 11) is 0. The number of amides is 1. The van der Waals surface area contributed by atoms with Crippen LogP contribution in [0, 0.1) is 0 Å². The van der Waals surface area contributed by atoms with Gasteiger partial charge in [0.05, 0.1) is 11.2 Å². The molecule has 1 saturated carbocycles. The molecule has 1 fully saturated rings. The fourth-order valence-electron chi connectivity index (χ4n) is 4.10. The summed E-state index contributed by atoms with van der Waals surface area (Å²) in [6.07, 6.45) is 6.57. The summed E-state index contributed by atoms with van der Waals surface area (Å²) in [4.78, 5) is 15.4. The Kier molecular flexibility index (Phi) is 5.97. The van der Waals surface area contributed by atoms with Crippen molar-refractivity contribution in [1.29, 1.82) is 0 Å². The zero-order chi connectivity index (χ0) is 21.0. The topological polar surface area (TPSA) is 97.5 Å². The second-order valence-electron chi connectivity index (χ2n) is 8.01. The number of nitrogens with two attached hydrogens (primary N) is 1. The van der Waals surface area contributed by atoms with Crippen molar-refractivity contribution in [3.05, 3.63) is 65.9 Å². The van der Waals surface area contributed by atoms with Crippen LogP contribution in [-0.4, -0.2) is 28.1 Å². The maximum Gasteiger partial charge on any atom is 0.250 e. The molecule has 0 saturated heterocycles. The second kappa shape index (κ2) is 8.81. The van der Waals surface area contributed by atoms with Crippen LogP contribution in [0.3, 0.4) is 0 Å². The number of primary amides is 1. The van der Waals surface area contributed by atoms with Gasteiger partial charge in [-0.25, -0.2) is 4.98 Å². The summed E-state index contributed by atoms with van der Waals surface area (Å²) in [5, 5.41) is 16.2. The van der Waals surface area contributed by atoms with Crippen molar-refractivity contribution in [2.45, 2.75) is 44.2 Å². The highest BCUT2D eigenvalue weighted by atomic mass is 16.5. The molecular weight excluding hydrogens is 378 g/mol. The Morgan fingerprint density at radius 3 is 2.57 bits per heavy atom. The maximum atomic E-state index is 11.2. The van der Waals surface area contributed by atoms with Crippen LogP contribution in [0.4, 0.5) is 0 Å². The fourth-order valence-corrected chi connectivity index (χ4v) is 4.10. The number of fused-ring (bicyclic) bond motifs is 1. The minimum absolute atomic E-state index is 0.341. The summed E-state index contributed by atoms with van der Waals surface area (Å²) >= 11 is 0. The van der Waals surface area contributed by atoms with Crippen LogP contribution in [0.25, 0.3) is 10.8 Å². The lowest BCUT2D eigenvalue weighted by Crippen LogP contribution is -2.41. The molecule has 0 atom stereocenters. The van der Waals surface area contributed by atoms with Gasteiger partial charge in [0.1, 0.15) is 5.75 Å². The monoisotopic (exact) mass is 405 g/mol. The van der Waals surface area contributed by atoms with Crippen LogP contribution >= 0.6 is 0 Å². The van der Waals surface area contributed by atoms with Gasteiger partial charge in [-0.1, -0.05) is 49.6 Å². The Morgan fingerprint density at radius 1 is 1.07 bits per heavy atom. The molecule has 4 rings (SSSR count). The Hall–Kier alpha value is -2.96. The molecule has 6 heteroatoms. The third-order valence-electron chi connectivity index (χ3n) is 5.76. The minimum atomic E-state index is -0.583. The second-order valence-corrected chi connectivity index (χ2v) is 8.01. The van der Waals surface area contributed by atoms with Crippen molar-refractivity contribution in [3.63, 3.8) is 0 Å². The Morgan fingerprint density at radius 2 is 1.83 bits per heavy atom. The third-order valence-corrected chi connectivity index (χ3v) is 5.76. The van der Waals surface area contributed by atoms with Gasteiger partial charge in [-0.3, -0.25) is 4.79 Å². The van der Waals surface area contributed by atoms with Crippen LogP contribution in [0.1, 0.15) is 48.0 Å². The molecule has 1 heterocycles. The molecule has 3 aromatic rings. The summed E-state index contributed by atoms with van der Waals surface area (Å²) < 4.78 is 5.97. The molecule has 6 nitrogen and oxygen atoms in total. The van der Waals surface area contributed by atoms with Crippen LogP contribution in [0.2, 0.25) is 0 Å². The zero-order valence-corrected chi connectivity index (χ0v) is 16.9. The van der Waals surface area contributed by atoms with E-state index in [1.165, 1.54) is 12.6 Å². The number of nitrogens with zero attached hydrogens (tertiary/aromatic N) is 1. The first-order valence-electron chi connectivity index (χ1n) is 10.4. The first-order valence-corrected chi connectivity index (χ1v) is 10.4. The smallest absolute Gasteiger partial charge is 0.250 e. The highest BCUT2D eigenvalue weighted by Gasteiger charge is 2.28. The summed E-state index contributed by atoms with van der Waals surface area (Å²) in [5.74, 6) is 0.573. The average Bonchev–Trinajstić information content (AvgIpc) is 2.75. The van der Waals surface area contributed by atoms with Crippen LogP contribution in [-0.2, 0) is 6.54 Å². The van der Waals surface area contributed by atoms with Crippen molar-refractivity contribution < 1.29 is 14.6 Å². The molecule has 0 radical (unpaired) electrons. The van der Waals surface area contributed by atoms with Crippen molar-refractivity contribution >= 4 is 16.7 Å². The van der Waals surface area contributed by atoms with E-state index in [0.29, 0.717) is 30.3 Å². The molecule has 1 aromatic heterocycles. The number of hydrogen-bond acceptors (Lipinski definition) is 5. The number of hydrogen-bond donors (Lipinski definition) is 3. The Balaban J connectivity index is 1.50. The molecule has 0 unspecified atom stereocenters. The molecule has 2 aromatic carbocycles. The lowest BCUT2D eigenvalue weighted by atomic mass is 9.85. The van der Waals surface area contributed by atoms with E-state index in [4.69, 9.17) is 10.5 Å². The number of aromatic nitrogens is 1. The van der Waals surface area contributed by atoms with Crippen LogP contribution in [0.5, 0.6) is 11.6 Å². The van der Waals surface area contributed by atoms with E-state index >= 15 is 0 Å². The molecule has 0 aliphatic heterocycles. The molecule has 156 valence electrons. The van der Waals surface area contributed by atoms with E-state index in [0.717, 1.165) is 42.0 Å². The summed E-state index contributed by atoms with van der Waals surface area (Å²) in [5.41, 5.74) is 6.17. The number of ether oxygens (including phenoxy) is 1.